The molecule has 2 aromatic carbocycles. The van der Waals surface area contributed by atoms with Crippen molar-refractivity contribution in [3.63, 3.8) is 0 Å². The summed E-state index contributed by atoms with van der Waals surface area (Å²) in [5.74, 6) is -2.93. The smallest absolute Gasteiger partial charge is 0.233 e. The maximum absolute atomic E-state index is 13.6. The molecule has 46 heavy (non-hydrogen) atoms. The van der Waals surface area contributed by atoms with Crippen LogP contribution >= 0.6 is 0 Å². The van der Waals surface area contributed by atoms with Crippen molar-refractivity contribution < 1.29 is 83.6 Å². The van der Waals surface area contributed by atoms with Gasteiger partial charge in [0.1, 0.15) is 60.3 Å². The molecule has 2 fully saturated rings. The number of aliphatic hydroxyl groups excluding tert-OH is 8. The maximum Gasteiger partial charge on any atom is 0.233 e. The quantitative estimate of drug-likeness (QED) is 0.0843. The van der Waals surface area contributed by atoms with Gasteiger partial charge in [-0.05, 0) is 24.3 Å². The average molecular weight is 657 g/mol. The van der Waals surface area contributed by atoms with Crippen molar-refractivity contribution in [3.8, 4) is 28.7 Å². The molecule has 2 heterocycles. The zero-order valence-corrected chi connectivity index (χ0v) is 24.8. The summed E-state index contributed by atoms with van der Waals surface area (Å²) < 4.78 is 38.0. The molecule has 2 aliphatic rings. The summed E-state index contributed by atoms with van der Waals surface area (Å²) in [5, 5.41) is 81.0. The van der Waals surface area contributed by atoms with Crippen LogP contribution in [0.4, 0.5) is 0 Å². The fraction of sp³-hybridized carbons (Fsp3) is 0.517. The van der Waals surface area contributed by atoms with Gasteiger partial charge < -0.3 is 74.0 Å². The number of carbonyl (C=O) groups excluding carboxylic acids is 2. The molecule has 17 nitrogen and oxygen atoms in total. The fourth-order valence-electron chi connectivity index (χ4n) is 4.86. The molecule has 4 rings (SSSR count). The molecule has 2 saturated heterocycles. The van der Waals surface area contributed by atoms with Crippen molar-refractivity contribution in [1.82, 2.24) is 0 Å². The first-order chi connectivity index (χ1) is 21.9. The first kappa shape index (κ1) is 35.2. The third kappa shape index (κ3) is 7.03. The number of ether oxygens (including phenoxy) is 7. The van der Waals surface area contributed by atoms with Crippen LogP contribution in [0, 0.1) is 0 Å². The Balaban J connectivity index is 1.78. The summed E-state index contributed by atoms with van der Waals surface area (Å²) in [4.78, 5) is 27.0. The second-order valence-corrected chi connectivity index (χ2v) is 10.4. The van der Waals surface area contributed by atoms with E-state index in [4.69, 9.17) is 33.2 Å². The predicted molar refractivity (Wildman–Crippen MR) is 150 cm³/mol. The van der Waals surface area contributed by atoms with Crippen LogP contribution in [0.2, 0.25) is 0 Å². The van der Waals surface area contributed by atoms with Crippen LogP contribution in [0.25, 0.3) is 0 Å². The summed E-state index contributed by atoms with van der Waals surface area (Å²) in [6, 6.07) is 6.12. The highest BCUT2D eigenvalue weighted by Crippen LogP contribution is 2.42. The molecule has 0 aliphatic carbocycles. The summed E-state index contributed by atoms with van der Waals surface area (Å²) in [5.41, 5.74) is -0.517. The Morgan fingerprint density at radius 3 is 1.33 bits per heavy atom. The Labute approximate surface area is 261 Å². The van der Waals surface area contributed by atoms with Gasteiger partial charge >= 0.3 is 0 Å². The van der Waals surface area contributed by atoms with Crippen molar-refractivity contribution in [1.29, 1.82) is 0 Å². The van der Waals surface area contributed by atoms with Gasteiger partial charge in [0.25, 0.3) is 0 Å². The zero-order valence-electron chi connectivity index (χ0n) is 24.8. The molecule has 2 aliphatic heterocycles. The summed E-state index contributed by atoms with van der Waals surface area (Å²) in [6.07, 6.45) is -17.1. The molecular formula is C29H36O17. The lowest BCUT2D eigenvalue weighted by atomic mass is 9.98. The number of rotatable bonds is 12. The van der Waals surface area contributed by atoms with Crippen molar-refractivity contribution >= 4 is 11.6 Å². The lowest BCUT2D eigenvalue weighted by Crippen LogP contribution is -2.60. The zero-order chi connectivity index (χ0) is 33.9. The Morgan fingerprint density at radius 1 is 0.587 bits per heavy atom. The molecule has 0 unspecified atom stereocenters. The molecule has 0 amide bonds. The number of Topliss-reactive ketones (excluding diaryl/α,β-unsaturated/α-hetero) is 2. The molecule has 254 valence electrons. The van der Waals surface area contributed by atoms with E-state index < -0.39 is 103 Å². The number of hydrogen-bond donors (Lipinski definition) is 8. The Morgan fingerprint density at radius 2 is 0.978 bits per heavy atom. The van der Waals surface area contributed by atoms with Crippen molar-refractivity contribution in [2.24, 2.45) is 0 Å². The van der Waals surface area contributed by atoms with Gasteiger partial charge in [0.05, 0.1) is 34.5 Å². The van der Waals surface area contributed by atoms with E-state index in [0.717, 1.165) is 19.2 Å². The van der Waals surface area contributed by atoms with E-state index in [0.29, 0.717) is 0 Å². The first-order valence-electron chi connectivity index (χ1n) is 13.9. The topological polar surface area (TPSA) is 261 Å². The summed E-state index contributed by atoms with van der Waals surface area (Å²) in [6.45, 7) is -1.55. The molecule has 0 spiro atoms. The SMILES string of the molecule is COc1cc(OC)cc(C(=O)C(=O)c2cc(O[C@@H]3O[C@H](CO)[C@@H](O)[C@H](O)[C@H]3O)c(OC)c(O[C@@H]3O[C@H](CO)[C@@H](O)[C@H](O)[C@H]3O)c2)c1. The van der Waals surface area contributed by atoms with Crippen LogP contribution < -0.4 is 23.7 Å². The van der Waals surface area contributed by atoms with Crippen molar-refractivity contribution in [2.45, 2.75) is 61.4 Å². The molecule has 17 heteroatoms. The van der Waals surface area contributed by atoms with Crippen LogP contribution in [0.5, 0.6) is 28.7 Å². The normalized spacial score (nSPS) is 31.1. The van der Waals surface area contributed by atoms with Crippen molar-refractivity contribution in [3.05, 3.63) is 41.5 Å². The fourth-order valence-corrected chi connectivity index (χ4v) is 4.86. The minimum absolute atomic E-state index is 0.121. The van der Waals surface area contributed by atoms with Gasteiger partial charge in [-0.1, -0.05) is 0 Å². The van der Waals surface area contributed by atoms with E-state index in [9.17, 15) is 50.4 Å². The second kappa shape index (κ2) is 14.9. The largest absolute Gasteiger partial charge is 0.497 e. The summed E-state index contributed by atoms with van der Waals surface area (Å²) >= 11 is 0. The van der Waals surface area contributed by atoms with Gasteiger partial charge in [0.15, 0.2) is 11.5 Å². The third-order valence-electron chi connectivity index (χ3n) is 7.49. The molecule has 10 atom stereocenters. The van der Waals surface area contributed by atoms with Crippen molar-refractivity contribution in [2.75, 3.05) is 34.5 Å². The number of benzene rings is 2. The molecule has 0 aromatic heterocycles. The maximum atomic E-state index is 13.6. The Kier molecular flexibility index (Phi) is 11.4. The number of methoxy groups -OCH3 is 3. The first-order valence-corrected chi connectivity index (χ1v) is 13.9. The standard InChI is InChI=1S/C29H36O17/c1-40-13-4-11(5-14(8-13)41-2)19(32)20(33)12-6-15(43-28-25(38)23(36)21(34)17(9-30)45-28)27(42-3)16(7-12)44-29-26(39)24(37)22(35)18(10-31)46-29/h4-8,17-18,21-26,28-31,34-39H,9-10H2,1-3H3/t17-,18-,21-,22-,23+,24+,25-,26-,28-,29-/m1/s1. The minimum Gasteiger partial charge on any atom is -0.497 e. The number of aliphatic hydroxyl groups is 8. The Hall–Kier alpha value is -3.62. The van der Waals surface area contributed by atoms with Gasteiger partial charge in [-0.15, -0.1) is 0 Å². The molecule has 0 bridgehead atoms. The lowest BCUT2D eigenvalue weighted by molar-refractivity contribution is -0.279. The van der Waals surface area contributed by atoms with E-state index in [-0.39, 0.29) is 22.8 Å². The highest BCUT2D eigenvalue weighted by molar-refractivity contribution is 6.49. The van der Waals surface area contributed by atoms with E-state index >= 15 is 0 Å². The second-order valence-electron chi connectivity index (χ2n) is 10.4. The van der Waals surface area contributed by atoms with Crippen LogP contribution in [0.15, 0.2) is 30.3 Å². The van der Waals surface area contributed by atoms with Crippen LogP contribution in [0.3, 0.4) is 0 Å². The van der Waals surface area contributed by atoms with Gasteiger partial charge in [0, 0.05) is 17.2 Å². The lowest BCUT2D eigenvalue weighted by Gasteiger charge is -2.40. The molecule has 0 saturated carbocycles. The van der Waals surface area contributed by atoms with E-state index in [1.54, 1.807) is 0 Å². The number of ketones is 2. The van der Waals surface area contributed by atoms with Gasteiger partial charge in [0.2, 0.25) is 29.9 Å². The monoisotopic (exact) mass is 656 g/mol. The average Bonchev–Trinajstić information content (AvgIpc) is 3.07. The number of carbonyl (C=O) groups is 2. The highest BCUT2D eigenvalue weighted by Gasteiger charge is 2.47. The minimum atomic E-state index is -1.89. The van der Waals surface area contributed by atoms with E-state index in [2.05, 4.69) is 0 Å². The third-order valence-corrected chi connectivity index (χ3v) is 7.49. The van der Waals surface area contributed by atoms with Gasteiger partial charge in [-0.25, -0.2) is 0 Å². The van der Waals surface area contributed by atoms with Gasteiger partial charge in [-0.3, -0.25) is 9.59 Å². The molecule has 0 radical (unpaired) electrons. The highest BCUT2D eigenvalue weighted by atomic mass is 16.7. The van der Waals surface area contributed by atoms with Crippen LogP contribution in [-0.4, -0.2) is 148 Å². The predicted octanol–water partition coefficient (Wildman–Crippen LogP) is -2.86. The van der Waals surface area contributed by atoms with Gasteiger partial charge in [-0.2, -0.15) is 0 Å². The summed E-state index contributed by atoms with van der Waals surface area (Å²) in [7, 11) is 3.84. The van der Waals surface area contributed by atoms with E-state index in [1.165, 1.54) is 32.4 Å². The molecule has 2 aromatic rings. The van der Waals surface area contributed by atoms with Crippen LogP contribution in [0.1, 0.15) is 20.7 Å². The number of hydrogen-bond acceptors (Lipinski definition) is 17. The molecular weight excluding hydrogens is 620 g/mol. The Bertz CT molecular complexity index is 1300. The van der Waals surface area contributed by atoms with E-state index in [1.807, 2.05) is 0 Å². The van der Waals surface area contributed by atoms with Crippen LogP contribution in [-0.2, 0) is 9.47 Å². The molecule has 8 N–H and O–H groups in total.